The van der Waals surface area contributed by atoms with Gasteiger partial charge in [-0.05, 0) is 25.1 Å². The van der Waals surface area contributed by atoms with E-state index in [1.165, 1.54) is 32.3 Å². The number of hydrogen-bond donors (Lipinski definition) is 1. The highest BCUT2D eigenvalue weighted by Crippen LogP contribution is 2.40. The van der Waals surface area contributed by atoms with Gasteiger partial charge in [0, 0.05) is 35.7 Å². The molecule has 0 saturated heterocycles. The predicted molar refractivity (Wildman–Crippen MR) is 126 cm³/mol. The Morgan fingerprint density at radius 1 is 1.11 bits per heavy atom. The standard InChI is InChI=1S/C24H24N4O7/c1-13-5-6-14(9-18(13)28(31)32)24(30)27-8-7-17-16(12-27)23(29)26-22(25-17)15-10-19(33-2)21(35-4)20(11-15)34-3/h5-6,9-11H,7-8,12H2,1-4H3,(H,25,26,29). The molecule has 3 aromatic rings. The van der Waals surface area contributed by atoms with Crippen molar-refractivity contribution >= 4 is 11.6 Å². The molecular weight excluding hydrogens is 456 g/mol. The molecule has 0 radical (unpaired) electrons. The van der Waals surface area contributed by atoms with E-state index in [0.717, 1.165) is 0 Å². The minimum Gasteiger partial charge on any atom is -0.493 e. The summed E-state index contributed by atoms with van der Waals surface area (Å²) in [6, 6.07) is 7.74. The first-order valence-corrected chi connectivity index (χ1v) is 10.7. The zero-order valence-electron chi connectivity index (χ0n) is 19.7. The Balaban J connectivity index is 1.65. The summed E-state index contributed by atoms with van der Waals surface area (Å²) in [6.45, 7) is 1.98. The van der Waals surface area contributed by atoms with Gasteiger partial charge in [0.1, 0.15) is 5.82 Å². The van der Waals surface area contributed by atoms with Crippen molar-refractivity contribution in [1.82, 2.24) is 14.9 Å². The molecule has 2 aromatic carbocycles. The van der Waals surface area contributed by atoms with Crippen LogP contribution in [0.5, 0.6) is 17.2 Å². The lowest BCUT2D eigenvalue weighted by molar-refractivity contribution is -0.385. The predicted octanol–water partition coefficient (Wildman–Crippen LogP) is 2.88. The van der Waals surface area contributed by atoms with E-state index in [4.69, 9.17) is 14.2 Å². The summed E-state index contributed by atoms with van der Waals surface area (Å²) in [6.07, 6.45) is 0.358. The summed E-state index contributed by atoms with van der Waals surface area (Å²) in [5.41, 5.74) is 1.71. The zero-order chi connectivity index (χ0) is 25.3. The van der Waals surface area contributed by atoms with E-state index in [1.807, 2.05) is 0 Å². The number of carbonyl (C=O) groups is 1. The quantitative estimate of drug-likeness (QED) is 0.420. The minimum atomic E-state index is -0.517. The third-order valence-corrected chi connectivity index (χ3v) is 5.95. The molecule has 0 spiro atoms. The summed E-state index contributed by atoms with van der Waals surface area (Å²) < 4.78 is 16.1. The van der Waals surface area contributed by atoms with E-state index in [2.05, 4.69) is 9.97 Å². The third kappa shape index (κ3) is 4.39. The summed E-state index contributed by atoms with van der Waals surface area (Å²) in [4.78, 5) is 45.6. The number of nitrogens with zero attached hydrogens (tertiary/aromatic N) is 3. The second-order valence-electron chi connectivity index (χ2n) is 7.99. The van der Waals surface area contributed by atoms with Crippen LogP contribution in [0.3, 0.4) is 0 Å². The number of benzene rings is 2. The molecule has 0 unspecified atom stereocenters. The molecule has 4 rings (SSSR count). The Labute approximate surface area is 200 Å². The lowest BCUT2D eigenvalue weighted by Crippen LogP contribution is -2.39. The van der Waals surface area contributed by atoms with Crippen LogP contribution >= 0.6 is 0 Å². The lowest BCUT2D eigenvalue weighted by atomic mass is 10.0. The van der Waals surface area contributed by atoms with E-state index < -0.39 is 4.92 Å². The van der Waals surface area contributed by atoms with Gasteiger partial charge < -0.3 is 24.1 Å². The maximum absolute atomic E-state index is 13.0. The van der Waals surface area contributed by atoms with Crippen molar-refractivity contribution in [1.29, 1.82) is 0 Å². The van der Waals surface area contributed by atoms with Crippen LogP contribution in [0.1, 0.15) is 27.2 Å². The second kappa shape index (κ2) is 9.45. The van der Waals surface area contributed by atoms with Gasteiger partial charge in [-0.2, -0.15) is 0 Å². The Morgan fingerprint density at radius 3 is 2.40 bits per heavy atom. The molecule has 0 fully saturated rings. The second-order valence-corrected chi connectivity index (χ2v) is 7.99. The Kier molecular flexibility index (Phi) is 6.41. The summed E-state index contributed by atoms with van der Waals surface area (Å²) in [5, 5.41) is 11.3. The van der Waals surface area contributed by atoms with Gasteiger partial charge >= 0.3 is 0 Å². The smallest absolute Gasteiger partial charge is 0.273 e. The van der Waals surface area contributed by atoms with Crippen molar-refractivity contribution in [2.45, 2.75) is 19.9 Å². The van der Waals surface area contributed by atoms with Crippen molar-refractivity contribution in [3.63, 3.8) is 0 Å². The van der Waals surface area contributed by atoms with Crippen LogP contribution in [0, 0.1) is 17.0 Å². The monoisotopic (exact) mass is 480 g/mol. The molecule has 0 bridgehead atoms. The fourth-order valence-corrected chi connectivity index (χ4v) is 4.07. The van der Waals surface area contributed by atoms with E-state index in [9.17, 15) is 19.7 Å². The fourth-order valence-electron chi connectivity index (χ4n) is 4.07. The topological polar surface area (TPSA) is 137 Å². The highest BCUT2D eigenvalue weighted by Gasteiger charge is 2.27. The van der Waals surface area contributed by atoms with Gasteiger partial charge in [0.25, 0.3) is 17.2 Å². The van der Waals surface area contributed by atoms with Crippen LogP contribution in [-0.2, 0) is 13.0 Å². The number of hydrogen-bond acceptors (Lipinski definition) is 8. The van der Waals surface area contributed by atoms with Crippen molar-refractivity contribution in [2.75, 3.05) is 27.9 Å². The zero-order valence-corrected chi connectivity index (χ0v) is 19.7. The number of ether oxygens (including phenoxy) is 3. The Morgan fingerprint density at radius 2 is 1.80 bits per heavy atom. The highest BCUT2D eigenvalue weighted by molar-refractivity contribution is 5.95. The number of carbonyl (C=O) groups excluding carboxylic acids is 1. The molecule has 2 heterocycles. The van der Waals surface area contributed by atoms with Crippen LogP contribution in [-0.4, -0.2) is 53.6 Å². The average Bonchev–Trinajstić information content (AvgIpc) is 2.87. The van der Waals surface area contributed by atoms with Gasteiger partial charge in [0.05, 0.1) is 44.1 Å². The van der Waals surface area contributed by atoms with Crippen molar-refractivity contribution in [3.8, 4) is 28.6 Å². The van der Waals surface area contributed by atoms with E-state index >= 15 is 0 Å². The van der Waals surface area contributed by atoms with Crippen LogP contribution in [0.15, 0.2) is 35.1 Å². The Bertz CT molecular complexity index is 1360. The third-order valence-electron chi connectivity index (χ3n) is 5.95. The molecule has 0 atom stereocenters. The number of H-pyrrole nitrogens is 1. The molecule has 0 aliphatic carbocycles. The summed E-state index contributed by atoms with van der Waals surface area (Å²) in [7, 11) is 4.50. The van der Waals surface area contributed by atoms with Gasteiger partial charge in [-0.3, -0.25) is 19.7 Å². The van der Waals surface area contributed by atoms with Crippen molar-refractivity contribution < 1.29 is 23.9 Å². The number of fused-ring (bicyclic) bond motifs is 1. The van der Waals surface area contributed by atoms with E-state index in [1.54, 1.807) is 31.2 Å². The molecule has 11 nitrogen and oxygen atoms in total. The molecular formula is C24H24N4O7. The van der Waals surface area contributed by atoms with Gasteiger partial charge in [0.15, 0.2) is 11.5 Å². The molecule has 0 saturated carbocycles. The molecule has 182 valence electrons. The van der Waals surface area contributed by atoms with Gasteiger partial charge in [0.2, 0.25) is 5.75 Å². The van der Waals surface area contributed by atoms with Crippen molar-refractivity contribution in [2.24, 2.45) is 0 Å². The number of nitrogens with one attached hydrogen (secondary N) is 1. The molecule has 1 amide bonds. The lowest BCUT2D eigenvalue weighted by Gasteiger charge is -2.28. The molecule has 35 heavy (non-hydrogen) atoms. The summed E-state index contributed by atoms with van der Waals surface area (Å²) >= 11 is 0. The van der Waals surface area contributed by atoms with E-state index in [-0.39, 0.29) is 29.3 Å². The molecule has 1 N–H and O–H groups in total. The van der Waals surface area contributed by atoms with Crippen LogP contribution < -0.4 is 19.8 Å². The van der Waals surface area contributed by atoms with Gasteiger partial charge in [-0.15, -0.1) is 0 Å². The van der Waals surface area contributed by atoms with Crippen LogP contribution in [0.25, 0.3) is 11.4 Å². The number of methoxy groups -OCH3 is 3. The van der Waals surface area contributed by atoms with E-state index in [0.29, 0.717) is 58.4 Å². The molecule has 1 aromatic heterocycles. The number of aromatic nitrogens is 2. The average molecular weight is 480 g/mol. The maximum atomic E-state index is 13.0. The number of aromatic amines is 1. The summed E-state index contributed by atoms with van der Waals surface area (Å²) in [5.74, 6) is 1.22. The number of rotatable bonds is 6. The SMILES string of the molecule is COc1cc(-c2nc3c(c(=O)[nH]2)CN(C(=O)c2ccc(C)c([N+](=O)[O-])c2)CC3)cc(OC)c1OC. The first-order chi connectivity index (χ1) is 16.8. The Hall–Kier alpha value is -4.41. The maximum Gasteiger partial charge on any atom is 0.273 e. The van der Waals surface area contributed by atoms with Gasteiger partial charge in [-0.1, -0.05) is 6.07 Å². The number of amides is 1. The first-order valence-electron chi connectivity index (χ1n) is 10.7. The van der Waals surface area contributed by atoms with Crippen LogP contribution in [0.4, 0.5) is 5.69 Å². The number of aryl methyl sites for hydroxylation is 1. The van der Waals surface area contributed by atoms with Gasteiger partial charge in [-0.25, -0.2) is 4.98 Å². The fraction of sp³-hybridized carbons (Fsp3) is 0.292. The van der Waals surface area contributed by atoms with Crippen molar-refractivity contribution in [3.05, 3.63) is 73.2 Å². The number of nitro groups is 1. The number of nitro benzene ring substituents is 1. The molecule has 11 heteroatoms. The minimum absolute atomic E-state index is 0.0493. The normalized spacial score (nSPS) is 12.6. The van der Waals surface area contributed by atoms with Crippen LogP contribution in [0.2, 0.25) is 0 Å². The molecule has 1 aliphatic heterocycles. The largest absolute Gasteiger partial charge is 0.493 e. The molecule has 1 aliphatic rings. The first kappa shape index (κ1) is 23.7. The highest BCUT2D eigenvalue weighted by atomic mass is 16.6.